The summed E-state index contributed by atoms with van der Waals surface area (Å²) in [6, 6.07) is 14.1. The van der Waals surface area contributed by atoms with Gasteiger partial charge in [-0.25, -0.2) is 4.39 Å². The van der Waals surface area contributed by atoms with Crippen molar-refractivity contribution in [3.8, 4) is 0 Å². The Labute approximate surface area is 202 Å². The van der Waals surface area contributed by atoms with Crippen LogP contribution in [0.2, 0.25) is 18.1 Å². The number of hydrogen-bond acceptors (Lipinski definition) is 5. The molecule has 0 aromatic heterocycles. The van der Waals surface area contributed by atoms with Crippen molar-refractivity contribution in [2.45, 2.75) is 57.7 Å². The largest absolute Gasteiger partial charge is 0.414 e. The van der Waals surface area contributed by atoms with E-state index in [-0.39, 0.29) is 28.5 Å². The summed E-state index contributed by atoms with van der Waals surface area (Å²) in [5.74, 6) is -0.625. The summed E-state index contributed by atoms with van der Waals surface area (Å²) in [5, 5.41) is 11.4. The average Bonchev–Trinajstić information content (AvgIpc) is 2.76. The zero-order valence-corrected chi connectivity index (χ0v) is 21.7. The minimum absolute atomic E-state index is 0.0367. The Kier molecular flexibility index (Phi) is 8.41. The van der Waals surface area contributed by atoms with E-state index in [1.54, 1.807) is 6.08 Å². The highest BCUT2D eigenvalue weighted by atomic mass is 28.4. The van der Waals surface area contributed by atoms with Crippen LogP contribution >= 0.6 is 0 Å². The van der Waals surface area contributed by atoms with Crippen molar-refractivity contribution in [2.24, 2.45) is 0 Å². The van der Waals surface area contributed by atoms with E-state index in [9.17, 15) is 14.5 Å². The van der Waals surface area contributed by atoms with Crippen LogP contribution in [0, 0.1) is 15.9 Å². The highest BCUT2D eigenvalue weighted by Crippen LogP contribution is 2.37. The van der Waals surface area contributed by atoms with Gasteiger partial charge >= 0.3 is 0 Å². The van der Waals surface area contributed by atoms with Gasteiger partial charge in [-0.15, -0.1) is 0 Å². The Bertz CT molecular complexity index is 1010. The lowest BCUT2D eigenvalue weighted by Gasteiger charge is -2.41. The first kappa shape index (κ1) is 26.2. The highest BCUT2D eigenvalue weighted by molar-refractivity contribution is 6.74. The van der Waals surface area contributed by atoms with Crippen molar-refractivity contribution in [3.63, 3.8) is 0 Å². The average molecular weight is 487 g/mol. The van der Waals surface area contributed by atoms with E-state index in [1.165, 1.54) is 29.8 Å². The fraction of sp³-hybridized carbons (Fsp3) is 0.462. The lowest BCUT2D eigenvalue weighted by molar-refractivity contribution is -0.385. The number of benzene rings is 2. The smallest absolute Gasteiger partial charge is 0.279 e. The number of nitro benzene ring substituents is 1. The van der Waals surface area contributed by atoms with Gasteiger partial charge < -0.3 is 9.16 Å². The molecule has 34 heavy (non-hydrogen) atoms. The van der Waals surface area contributed by atoms with Gasteiger partial charge in [0.2, 0.25) is 0 Å². The van der Waals surface area contributed by atoms with Crippen LogP contribution in [0.3, 0.4) is 0 Å². The molecule has 0 saturated carbocycles. The van der Waals surface area contributed by atoms with Crippen molar-refractivity contribution in [1.82, 2.24) is 4.90 Å². The normalized spacial score (nSPS) is 20.1. The van der Waals surface area contributed by atoms with Gasteiger partial charge in [0.15, 0.2) is 8.32 Å². The van der Waals surface area contributed by atoms with E-state index in [0.29, 0.717) is 19.7 Å². The first-order valence-corrected chi connectivity index (χ1v) is 14.5. The van der Waals surface area contributed by atoms with Gasteiger partial charge in [-0.3, -0.25) is 15.0 Å². The van der Waals surface area contributed by atoms with Gasteiger partial charge in [0, 0.05) is 25.7 Å². The number of hydrogen-bond donors (Lipinski definition) is 0. The lowest BCUT2D eigenvalue weighted by atomic mass is 10.1. The first-order chi connectivity index (χ1) is 16.0. The Balaban J connectivity index is 1.79. The molecule has 6 nitrogen and oxygen atoms in total. The quantitative estimate of drug-likeness (QED) is 0.259. The van der Waals surface area contributed by atoms with Crippen LogP contribution in [0.1, 0.15) is 31.9 Å². The minimum Gasteiger partial charge on any atom is -0.414 e. The molecule has 2 aromatic carbocycles. The Morgan fingerprint density at radius 3 is 2.53 bits per heavy atom. The van der Waals surface area contributed by atoms with Crippen molar-refractivity contribution in [3.05, 3.63) is 81.7 Å². The van der Waals surface area contributed by atoms with Crippen molar-refractivity contribution < 1.29 is 18.5 Å². The predicted octanol–water partition coefficient (Wildman–Crippen LogP) is 6.04. The molecule has 2 unspecified atom stereocenters. The number of nitrogens with zero attached hydrogens (tertiary/aromatic N) is 2. The minimum atomic E-state index is -1.95. The monoisotopic (exact) mass is 486 g/mol. The van der Waals surface area contributed by atoms with Crippen LogP contribution in [0.4, 0.5) is 10.1 Å². The van der Waals surface area contributed by atoms with Gasteiger partial charge in [0.05, 0.1) is 29.3 Å². The van der Waals surface area contributed by atoms with Gasteiger partial charge in [0.1, 0.15) is 5.82 Å². The molecule has 0 amide bonds. The van der Waals surface area contributed by atoms with Crippen LogP contribution < -0.4 is 0 Å². The highest BCUT2D eigenvalue weighted by Gasteiger charge is 2.38. The molecule has 1 saturated heterocycles. The molecular weight excluding hydrogens is 451 g/mol. The summed E-state index contributed by atoms with van der Waals surface area (Å²) in [5.41, 5.74) is 0.900. The number of ether oxygens (including phenoxy) is 1. The van der Waals surface area contributed by atoms with Gasteiger partial charge in [-0.05, 0) is 35.8 Å². The molecule has 2 aromatic rings. The number of nitro groups is 1. The number of halogens is 1. The van der Waals surface area contributed by atoms with Crippen LogP contribution in [0.5, 0.6) is 0 Å². The Morgan fingerprint density at radius 2 is 1.88 bits per heavy atom. The molecular formula is C26H35FN2O4Si. The zero-order valence-electron chi connectivity index (χ0n) is 20.7. The lowest BCUT2D eigenvalue weighted by Crippen LogP contribution is -2.50. The summed E-state index contributed by atoms with van der Waals surface area (Å²) in [6.07, 6.45) is 2.69. The molecule has 0 N–H and O–H groups in total. The summed E-state index contributed by atoms with van der Waals surface area (Å²) in [6.45, 7) is 13.6. The summed E-state index contributed by atoms with van der Waals surface area (Å²) in [4.78, 5) is 13.1. The van der Waals surface area contributed by atoms with E-state index in [1.807, 2.05) is 18.2 Å². The number of rotatable bonds is 8. The number of morpholine rings is 1. The fourth-order valence-electron chi connectivity index (χ4n) is 3.69. The zero-order chi connectivity index (χ0) is 24.9. The van der Waals surface area contributed by atoms with Crippen LogP contribution in [0.15, 0.2) is 54.6 Å². The van der Waals surface area contributed by atoms with Crippen LogP contribution in [-0.4, -0.2) is 50.0 Å². The summed E-state index contributed by atoms with van der Waals surface area (Å²) in [7, 11) is -1.95. The van der Waals surface area contributed by atoms with Gasteiger partial charge in [-0.2, -0.15) is 0 Å². The maximum atomic E-state index is 14.3. The van der Waals surface area contributed by atoms with E-state index in [0.717, 1.165) is 6.54 Å². The maximum absolute atomic E-state index is 14.3. The second-order valence-corrected chi connectivity index (χ2v) is 15.1. The standard InChI is InChI=1S/C26H35FN2O4Si/c1-26(2,3)34(4,5)32-19-22-18-28(16-20-10-7-6-8-11-20)17-21(33-22)14-15-23-24(27)12-9-13-25(23)29(30)31/h6-15,21-22H,16-19H2,1-5H3. The van der Waals surface area contributed by atoms with E-state index in [4.69, 9.17) is 9.16 Å². The molecule has 184 valence electrons. The maximum Gasteiger partial charge on any atom is 0.279 e. The third-order valence-corrected chi connectivity index (χ3v) is 11.2. The van der Waals surface area contributed by atoms with Gasteiger partial charge in [-0.1, -0.05) is 63.2 Å². The third kappa shape index (κ3) is 6.82. The predicted molar refractivity (Wildman–Crippen MR) is 136 cm³/mol. The summed E-state index contributed by atoms with van der Waals surface area (Å²) >= 11 is 0. The molecule has 3 rings (SSSR count). The second kappa shape index (κ2) is 10.9. The van der Waals surface area contributed by atoms with E-state index < -0.39 is 19.1 Å². The molecule has 1 fully saturated rings. The second-order valence-electron chi connectivity index (χ2n) is 10.3. The summed E-state index contributed by atoms with van der Waals surface area (Å²) < 4.78 is 27.1. The topological polar surface area (TPSA) is 64.8 Å². The molecule has 0 radical (unpaired) electrons. The first-order valence-electron chi connectivity index (χ1n) is 11.6. The van der Waals surface area contributed by atoms with E-state index >= 15 is 0 Å². The molecule has 0 spiro atoms. The molecule has 0 bridgehead atoms. The molecule has 8 heteroatoms. The van der Waals surface area contributed by atoms with Crippen molar-refractivity contribution in [1.29, 1.82) is 0 Å². The van der Waals surface area contributed by atoms with Crippen molar-refractivity contribution in [2.75, 3.05) is 19.7 Å². The van der Waals surface area contributed by atoms with Crippen molar-refractivity contribution >= 4 is 20.1 Å². The molecule has 1 heterocycles. The van der Waals surface area contributed by atoms with Crippen LogP contribution in [0.25, 0.3) is 6.08 Å². The Hall–Kier alpha value is -2.39. The molecule has 2 atom stereocenters. The third-order valence-electron chi connectivity index (χ3n) is 6.66. The fourth-order valence-corrected chi connectivity index (χ4v) is 4.73. The molecule has 1 aliphatic rings. The SMILES string of the molecule is CC(C)(C)[Si](C)(C)OCC1CN(Cc2ccccc2)CC(C=Cc2c(F)cccc2[N+](=O)[O-])O1. The van der Waals surface area contributed by atoms with Gasteiger partial charge in [0.25, 0.3) is 5.69 Å². The van der Waals surface area contributed by atoms with E-state index in [2.05, 4.69) is 50.9 Å². The van der Waals surface area contributed by atoms with Crippen LogP contribution in [-0.2, 0) is 15.7 Å². The Morgan fingerprint density at radius 1 is 1.18 bits per heavy atom. The molecule has 1 aliphatic heterocycles. The molecule has 0 aliphatic carbocycles.